The zero-order chi connectivity index (χ0) is 29.8. The van der Waals surface area contributed by atoms with Gasteiger partial charge in [-0.1, -0.05) is 95.4 Å². The van der Waals surface area contributed by atoms with Gasteiger partial charge in [0.25, 0.3) is 0 Å². The van der Waals surface area contributed by atoms with Crippen LogP contribution in [-0.4, -0.2) is 9.97 Å². The van der Waals surface area contributed by atoms with Gasteiger partial charge in [0.1, 0.15) is 0 Å². The maximum absolute atomic E-state index is 4.83. The summed E-state index contributed by atoms with van der Waals surface area (Å²) in [5, 5.41) is 0. The monoisotopic (exact) mass is 769 g/mol. The molecule has 4 saturated carbocycles. The van der Waals surface area contributed by atoms with Crippen LogP contribution in [0.2, 0.25) is 0 Å². The summed E-state index contributed by atoms with van der Waals surface area (Å²) in [5.74, 6) is 0. The number of aromatic nitrogens is 2. The van der Waals surface area contributed by atoms with Crippen LogP contribution >= 0.6 is 0 Å². The van der Waals surface area contributed by atoms with Crippen LogP contribution in [0, 0.1) is 12.1 Å². The van der Waals surface area contributed by atoms with Crippen LogP contribution in [0.5, 0.6) is 0 Å². The first-order valence-corrected chi connectivity index (χ1v) is 17.4. The van der Waals surface area contributed by atoms with Crippen LogP contribution in [0.25, 0.3) is 22.5 Å². The van der Waals surface area contributed by atoms with E-state index in [1.54, 1.807) is 11.1 Å². The molecule has 6 aliphatic rings. The fraction of sp³-hybridized carbons (Fsp3) is 0.476. The maximum Gasteiger partial charge on any atom is 0.0161 e. The Morgan fingerprint density at radius 2 is 1.02 bits per heavy atom. The summed E-state index contributed by atoms with van der Waals surface area (Å²) >= 11 is 0. The van der Waals surface area contributed by atoms with Gasteiger partial charge in [0, 0.05) is 32.5 Å². The number of hydrogen-bond donors (Lipinski definition) is 0. The summed E-state index contributed by atoms with van der Waals surface area (Å²) in [6.45, 7) is 6.93. The Balaban J connectivity index is 0.000000133. The molecule has 2 nitrogen and oxygen atoms in total. The van der Waals surface area contributed by atoms with Crippen LogP contribution in [0.3, 0.4) is 0 Å². The van der Waals surface area contributed by atoms with Crippen molar-refractivity contribution >= 4 is 0 Å². The summed E-state index contributed by atoms with van der Waals surface area (Å²) in [5.41, 5.74) is 14.2. The van der Waals surface area contributed by atoms with E-state index in [0.717, 1.165) is 0 Å². The molecule has 0 aliphatic heterocycles. The molecule has 0 atom stereocenters. The Kier molecular flexibility index (Phi) is 6.74. The van der Waals surface area contributed by atoms with Gasteiger partial charge >= 0.3 is 0 Å². The molecule has 0 N–H and O–H groups in total. The SMILES string of the molecule is CC(C)(C)c1c[c-]c2c(c1)C13CCCC1(CCC3)c1cccnc1-2.[Ir].[c-]1cccc2c1-c1ncccc1C13CCCC21CCC3. The Morgan fingerprint density at radius 3 is 1.53 bits per heavy atom. The molecule has 0 bridgehead atoms. The van der Waals surface area contributed by atoms with Crippen molar-refractivity contribution in [2.75, 3.05) is 0 Å². The molecule has 4 aromatic rings. The van der Waals surface area contributed by atoms with Gasteiger partial charge in [-0.2, -0.15) is 0 Å². The number of nitrogens with zero attached hydrogens (tertiary/aromatic N) is 2. The molecule has 2 aromatic carbocycles. The maximum atomic E-state index is 4.83. The third kappa shape index (κ3) is 3.72. The molecule has 6 aliphatic carbocycles. The Labute approximate surface area is 283 Å². The number of benzene rings is 2. The summed E-state index contributed by atoms with van der Waals surface area (Å²) in [7, 11) is 0. The minimum atomic E-state index is 0. The van der Waals surface area contributed by atoms with Crippen LogP contribution in [-0.2, 0) is 47.2 Å². The summed E-state index contributed by atoms with van der Waals surface area (Å²) in [4.78, 5) is 9.58. The number of rotatable bonds is 0. The Bertz CT molecular complexity index is 1720. The second-order valence-corrected chi connectivity index (χ2v) is 15.9. The fourth-order valence-electron chi connectivity index (χ4n) is 11.8. The molecule has 0 amide bonds. The topological polar surface area (TPSA) is 25.8 Å². The average Bonchev–Trinajstić information content (AvgIpc) is 3.80. The first-order valence-electron chi connectivity index (χ1n) is 17.4. The minimum Gasteiger partial charge on any atom is -0.304 e. The molecule has 2 aromatic heterocycles. The van der Waals surface area contributed by atoms with Gasteiger partial charge in [0.05, 0.1) is 0 Å². The number of fused-ring (bicyclic) bond motifs is 6. The number of hydrogen-bond acceptors (Lipinski definition) is 2. The Hall–Kier alpha value is -2.61. The molecule has 3 heteroatoms. The molecular formula is C42H44IrN2-2. The van der Waals surface area contributed by atoms with Gasteiger partial charge < -0.3 is 9.97 Å². The molecule has 2 heterocycles. The molecule has 4 fully saturated rings. The van der Waals surface area contributed by atoms with Crippen LogP contribution in [0.4, 0.5) is 0 Å². The van der Waals surface area contributed by atoms with Gasteiger partial charge in [-0.05, 0) is 76.3 Å². The van der Waals surface area contributed by atoms with Crippen LogP contribution < -0.4 is 0 Å². The van der Waals surface area contributed by atoms with Crippen molar-refractivity contribution < 1.29 is 20.1 Å². The first kappa shape index (κ1) is 29.8. The van der Waals surface area contributed by atoms with Crippen molar-refractivity contribution in [3.63, 3.8) is 0 Å². The molecule has 45 heavy (non-hydrogen) atoms. The van der Waals surface area contributed by atoms with Crippen LogP contribution in [0.15, 0.2) is 67.0 Å². The summed E-state index contributed by atoms with van der Waals surface area (Å²) in [6, 6.07) is 27.5. The zero-order valence-electron chi connectivity index (χ0n) is 27.1. The van der Waals surface area contributed by atoms with E-state index in [0.29, 0.717) is 21.7 Å². The van der Waals surface area contributed by atoms with Crippen molar-refractivity contribution in [2.45, 2.75) is 125 Å². The second-order valence-electron chi connectivity index (χ2n) is 15.9. The molecule has 233 valence electrons. The predicted octanol–water partition coefficient (Wildman–Crippen LogP) is 10.1. The van der Waals surface area contributed by atoms with E-state index in [9.17, 15) is 0 Å². The van der Waals surface area contributed by atoms with Crippen LogP contribution in [0.1, 0.15) is 126 Å². The quantitative estimate of drug-likeness (QED) is 0.167. The third-order valence-corrected chi connectivity index (χ3v) is 13.5. The van der Waals surface area contributed by atoms with Gasteiger partial charge in [0.15, 0.2) is 0 Å². The minimum absolute atomic E-state index is 0. The van der Waals surface area contributed by atoms with E-state index in [-0.39, 0.29) is 25.5 Å². The summed E-state index contributed by atoms with van der Waals surface area (Å²) in [6.07, 6.45) is 20.1. The van der Waals surface area contributed by atoms with Gasteiger partial charge in [0.2, 0.25) is 0 Å². The van der Waals surface area contributed by atoms with Gasteiger partial charge in [-0.25, -0.2) is 0 Å². The van der Waals surface area contributed by atoms with Crippen molar-refractivity contribution in [1.82, 2.24) is 9.97 Å². The van der Waals surface area contributed by atoms with Crippen molar-refractivity contribution in [2.24, 2.45) is 0 Å². The van der Waals surface area contributed by atoms with E-state index in [2.05, 4.69) is 81.4 Å². The molecule has 0 unspecified atom stereocenters. The molecule has 0 spiro atoms. The van der Waals surface area contributed by atoms with Crippen molar-refractivity contribution in [3.05, 3.63) is 107 Å². The van der Waals surface area contributed by atoms with Gasteiger partial charge in [-0.3, -0.25) is 0 Å². The van der Waals surface area contributed by atoms with E-state index >= 15 is 0 Å². The van der Waals surface area contributed by atoms with E-state index in [4.69, 9.17) is 9.97 Å². The van der Waals surface area contributed by atoms with Crippen molar-refractivity contribution in [3.8, 4) is 22.5 Å². The molecule has 1 radical (unpaired) electrons. The third-order valence-electron chi connectivity index (χ3n) is 13.5. The normalized spacial score (nSPS) is 31.0. The van der Waals surface area contributed by atoms with E-state index in [1.165, 1.54) is 116 Å². The first-order chi connectivity index (χ1) is 21.4. The molecular weight excluding hydrogens is 725 g/mol. The van der Waals surface area contributed by atoms with E-state index in [1.807, 2.05) is 18.5 Å². The van der Waals surface area contributed by atoms with Crippen molar-refractivity contribution in [1.29, 1.82) is 0 Å². The molecule has 0 saturated heterocycles. The average molecular weight is 769 g/mol. The molecule has 10 rings (SSSR count). The Morgan fingerprint density at radius 1 is 0.578 bits per heavy atom. The fourth-order valence-corrected chi connectivity index (χ4v) is 11.8. The van der Waals surface area contributed by atoms with E-state index < -0.39 is 0 Å². The standard InChI is InChI=1S/C23H26N.C19H18N.Ir/c1-21(2,3)16-8-9-17-19(15-16)23-12-5-10-22(23,11-6-13-23)18-7-4-14-24-20(17)18;1-2-7-15-14(6-1)17-16(8-3-13-20-17)19-11-4-9-18(15,19)10-5-12-19;/h4,7-8,14-15H,5-6,10-13H2,1-3H3;1-3,7-8,13H,4-5,9-12H2;/q2*-1;. The summed E-state index contributed by atoms with van der Waals surface area (Å²) < 4.78 is 0. The second kappa shape index (κ2) is 10.2. The number of pyridine rings is 2. The zero-order valence-corrected chi connectivity index (χ0v) is 29.5. The predicted molar refractivity (Wildman–Crippen MR) is 178 cm³/mol. The van der Waals surface area contributed by atoms with Gasteiger partial charge in [-0.15, -0.1) is 70.3 Å². The largest absolute Gasteiger partial charge is 0.304 e. The smallest absolute Gasteiger partial charge is 0.0161 e.